The molecule has 0 saturated heterocycles. The molecule has 0 atom stereocenters. The number of aromatic nitrogens is 2. The van der Waals surface area contributed by atoms with Gasteiger partial charge in [-0.1, -0.05) is 65.7 Å². The van der Waals surface area contributed by atoms with Crippen LogP contribution in [0.4, 0.5) is 0 Å². The first-order valence-electron chi connectivity index (χ1n) is 9.86. The Morgan fingerprint density at radius 1 is 0.643 bits per heavy atom. The molecule has 0 aliphatic rings. The summed E-state index contributed by atoms with van der Waals surface area (Å²) in [7, 11) is 0. The zero-order valence-corrected chi connectivity index (χ0v) is 16.9. The standard InChI is InChI=1S/C25H27N3/c1-18-4-9-21(10-5-18)14-15-27-23-13-8-20(3)16-24(23)28(25(27)26)17-22-11-6-19(2)7-12-22/h4-13,16,26H,14-15,17H2,1-3H3. The van der Waals surface area contributed by atoms with Crippen molar-refractivity contribution in [2.45, 2.75) is 40.3 Å². The van der Waals surface area contributed by atoms with Crippen LogP contribution in [-0.2, 0) is 19.5 Å². The van der Waals surface area contributed by atoms with Crippen molar-refractivity contribution in [1.82, 2.24) is 9.13 Å². The van der Waals surface area contributed by atoms with Crippen molar-refractivity contribution in [2.24, 2.45) is 0 Å². The minimum Gasteiger partial charge on any atom is -0.310 e. The summed E-state index contributed by atoms with van der Waals surface area (Å²) in [5, 5.41) is 8.86. The van der Waals surface area contributed by atoms with Crippen molar-refractivity contribution in [1.29, 1.82) is 5.41 Å². The molecule has 0 spiro atoms. The van der Waals surface area contributed by atoms with Gasteiger partial charge in [-0.05, 0) is 56.0 Å². The zero-order valence-electron chi connectivity index (χ0n) is 16.9. The molecule has 0 radical (unpaired) electrons. The van der Waals surface area contributed by atoms with Gasteiger partial charge < -0.3 is 9.13 Å². The zero-order chi connectivity index (χ0) is 19.7. The van der Waals surface area contributed by atoms with Gasteiger partial charge in [-0.15, -0.1) is 0 Å². The van der Waals surface area contributed by atoms with Crippen LogP contribution in [0.3, 0.4) is 0 Å². The molecule has 28 heavy (non-hydrogen) atoms. The number of fused-ring (bicyclic) bond motifs is 1. The van der Waals surface area contributed by atoms with Gasteiger partial charge in [0.2, 0.25) is 5.62 Å². The second-order valence-corrected chi connectivity index (χ2v) is 7.77. The summed E-state index contributed by atoms with van der Waals surface area (Å²) in [6, 6.07) is 23.8. The molecule has 0 aliphatic heterocycles. The third-order valence-electron chi connectivity index (χ3n) is 5.43. The van der Waals surface area contributed by atoms with E-state index in [0.717, 1.165) is 30.5 Å². The number of imidazole rings is 1. The van der Waals surface area contributed by atoms with Crippen LogP contribution in [-0.4, -0.2) is 9.13 Å². The van der Waals surface area contributed by atoms with Gasteiger partial charge in [-0.25, -0.2) is 0 Å². The monoisotopic (exact) mass is 369 g/mol. The van der Waals surface area contributed by atoms with E-state index in [2.05, 4.69) is 96.6 Å². The lowest BCUT2D eigenvalue weighted by Crippen LogP contribution is -2.25. The van der Waals surface area contributed by atoms with Gasteiger partial charge in [0.1, 0.15) is 0 Å². The Morgan fingerprint density at radius 2 is 1.21 bits per heavy atom. The number of nitrogens with one attached hydrogen (secondary N) is 1. The average molecular weight is 370 g/mol. The first-order chi connectivity index (χ1) is 13.5. The third kappa shape index (κ3) is 3.65. The number of benzene rings is 3. The molecule has 1 N–H and O–H groups in total. The Balaban J connectivity index is 1.72. The van der Waals surface area contributed by atoms with E-state index in [4.69, 9.17) is 5.41 Å². The Morgan fingerprint density at radius 3 is 1.86 bits per heavy atom. The van der Waals surface area contributed by atoms with E-state index in [9.17, 15) is 0 Å². The molecular formula is C25H27N3. The van der Waals surface area contributed by atoms with E-state index in [1.807, 2.05) is 0 Å². The van der Waals surface area contributed by atoms with Gasteiger partial charge in [0.15, 0.2) is 0 Å². The highest BCUT2D eigenvalue weighted by atomic mass is 15.2. The van der Waals surface area contributed by atoms with E-state index in [-0.39, 0.29) is 0 Å². The van der Waals surface area contributed by atoms with E-state index in [1.54, 1.807) is 0 Å². The SMILES string of the molecule is Cc1ccc(CCn2c(=N)n(Cc3ccc(C)cc3)c3cc(C)ccc32)cc1. The third-order valence-corrected chi connectivity index (χ3v) is 5.43. The molecular weight excluding hydrogens is 342 g/mol. The Hall–Kier alpha value is -3.07. The van der Waals surface area contributed by atoms with E-state index in [1.165, 1.54) is 27.8 Å². The molecule has 4 aromatic rings. The van der Waals surface area contributed by atoms with E-state index >= 15 is 0 Å². The summed E-state index contributed by atoms with van der Waals surface area (Å²) in [5.74, 6) is 0. The Bertz CT molecular complexity index is 1160. The molecule has 3 heteroatoms. The molecule has 0 bridgehead atoms. The topological polar surface area (TPSA) is 33.7 Å². The van der Waals surface area contributed by atoms with Gasteiger partial charge >= 0.3 is 0 Å². The van der Waals surface area contributed by atoms with Crippen molar-refractivity contribution >= 4 is 11.0 Å². The van der Waals surface area contributed by atoms with Gasteiger partial charge in [0.05, 0.1) is 17.6 Å². The number of rotatable bonds is 5. The summed E-state index contributed by atoms with van der Waals surface area (Å²) in [4.78, 5) is 0. The lowest BCUT2D eigenvalue weighted by atomic mass is 10.1. The van der Waals surface area contributed by atoms with Crippen LogP contribution in [0.1, 0.15) is 27.8 Å². The maximum Gasteiger partial charge on any atom is 0.203 e. The average Bonchev–Trinajstić information content (AvgIpc) is 2.94. The van der Waals surface area contributed by atoms with Gasteiger partial charge in [-0.3, -0.25) is 5.41 Å². The summed E-state index contributed by atoms with van der Waals surface area (Å²) < 4.78 is 4.27. The Labute approximate surface area is 166 Å². The molecule has 3 nitrogen and oxygen atoms in total. The molecule has 0 unspecified atom stereocenters. The predicted octanol–water partition coefficient (Wildman–Crippen LogP) is 5.14. The normalized spacial score (nSPS) is 11.2. The summed E-state index contributed by atoms with van der Waals surface area (Å²) in [5.41, 5.74) is 9.13. The molecule has 0 fully saturated rings. The minimum atomic E-state index is 0.563. The van der Waals surface area contributed by atoms with E-state index in [0.29, 0.717) is 5.62 Å². The number of nitrogens with zero attached hydrogens (tertiary/aromatic N) is 2. The fourth-order valence-corrected chi connectivity index (χ4v) is 3.71. The lowest BCUT2D eigenvalue weighted by molar-refractivity contribution is 0.621. The molecule has 0 aliphatic carbocycles. The molecule has 3 aromatic carbocycles. The molecule has 1 aromatic heterocycles. The van der Waals surface area contributed by atoms with Crippen LogP contribution in [0.15, 0.2) is 66.7 Å². The predicted molar refractivity (Wildman–Crippen MR) is 116 cm³/mol. The molecule has 1 heterocycles. The van der Waals surface area contributed by atoms with Crippen molar-refractivity contribution < 1.29 is 0 Å². The van der Waals surface area contributed by atoms with Crippen LogP contribution < -0.4 is 5.62 Å². The largest absolute Gasteiger partial charge is 0.310 e. The lowest BCUT2D eigenvalue weighted by Gasteiger charge is -2.06. The van der Waals surface area contributed by atoms with Crippen LogP contribution >= 0.6 is 0 Å². The minimum absolute atomic E-state index is 0.563. The van der Waals surface area contributed by atoms with Crippen molar-refractivity contribution in [2.75, 3.05) is 0 Å². The van der Waals surface area contributed by atoms with Crippen molar-refractivity contribution in [3.63, 3.8) is 0 Å². The number of aryl methyl sites for hydroxylation is 5. The van der Waals surface area contributed by atoms with Crippen molar-refractivity contribution in [3.05, 3.63) is 100 Å². The van der Waals surface area contributed by atoms with Gasteiger partial charge in [-0.2, -0.15) is 0 Å². The number of hydrogen-bond acceptors (Lipinski definition) is 1. The summed E-state index contributed by atoms with van der Waals surface area (Å²) in [6.07, 6.45) is 0.925. The van der Waals surface area contributed by atoms with Gasteiger partial charge in [0, 0.05) is 6.54 Å². The second-order valence-electron chi connectivity index (χ2n) is 7.77. The maximum atomic E-state index is 8.86. The Kier molecular flexibility index (Phi) is 4.91. The first kappa shape index (κ1) is 18.3. The summed E-state index contributed by atoms with van der Waals surface area (Å²) >= 11 is 0. The van der Waals surface area contributed by atoms with Crippen LogP contribution in [0.2, 0.25) is 0 Å². The second kappa shape index (κ2) is 7.51. The number of hydrogen-bond donors (Lipinski definition) is 1. The molecule has 142 valence electrons. The maximum absolute atomic E-state index is 8.86. The molecule has 4 rings (SSSR count). The molecule has 0 amide bonds. The smallest absolute Gasteiger partial charge is 0.203 e. The van der Waals surface area contributed by atoms with Gasteiger partial charge in [0.25, 0.3) is 0 Å². The van der Waals surface area contributed by atoms with E-state index < -0.39 is 0 Å². The van der Waals surface area contributed by atoms with Crippen LogP contribution in [0, 0.1) is 26.2 Å². The highest BCUT2D eigenvalue weighted by molar-refractivity contribution is 5.77. The molecule has 0 saturated carbocycles. The van der Waals surface area contributed by atoms with Crippen LogP contribution in [0.25, 0.3) is 11.0 Å². The van der Waals surface area contributed by atoms with Crippen LogP contribution in [0.5, 0.6) is 0 Å². The highest BCUT2D eigenvalue weighted by Crippen LogP contribution is 2.18. The quantitative estimate of drug-likeness (QED) is 0.505. The fraction of sp³-hybridized carbons (Fsp3) is 0.240. The summed E-state index contributed by atoms with van der Waals surface area (Å²) in [6.45, 7) is 7.86. The first-order valence-corrected chi connectivity index (χ1v) is 9.86. The highest BCUT2D eigenvalue weighted by Gasteiger charge is 2.12. The fourth-order valence-electron chi connectivity index (χ4n) is 3.71. The van der Waals surface area contributed by atoms with Crippen molar-refractivity contribution in [3.8, 4) is 0 Å².